The standard InChI is InChI=1S/C24H33F13/c1-2-3-4-15-5-9-17(10-6-15)18-11-7-16(8-12-18)13-14-19(25,26)20(27,28)21(29,30)22(31,32)23(33,34)24(35,36)37/h15-18H,2-14H2,1H3/t15-,16?,17-,18?. The third kappa shape index (κ3) is 6.30. The number of rotatable bonds is 11. The predicted octanol–water partition coefficient (Wildman–Crippen LogP) is 10.3. The fraction of sp³-hybridized carbons (Fsp3) is 1.00. The van der Waals surface area contributed by atoms with Crippen molar-refractivity contribution in [3.63, 3.8) is 0 Å². The average molecular weight is 569 g/mol. The van der Waals surface area contributed by atoms with Crippen LogP contribution in [0, 0.1) is 23.7 Å². The topological polar surface area (TPSA) is 0 Å². The van der Waals surface area contributed by atoms with Gasteiger partial charge in [-0.1, -0.05) is 51.9 Å². The maximum Gasteiger partial charge on any atom is 0.460 e. The van der Waals surface area contributed by atoms with Gasteiger partial charge in [0, 0.05) is 6.42 Å². The summed E-state index contributed by atoms with van der Waals surface area (Å²) in [6.45, 7) is 2.12. The second-order valence-electron chi connectivity index (χ2n) is 10.7. The molecule has 220 valence electrons. The first-order valence-electron chi connectivity index (χ1n) is 12.7. The Morgan fingerprint density at radius 3 is 1.24 bits per heavy atom. The molecule has 0 heterocycles. The molecule has 0 aromatic heterocycles. The highest BCUT2D eigenvalue weighted by atomic mass is 19.4. The molecule has 2 aliphatic carbocycles. The number of unbranched alkanes of at least 4 members (excludes halogenated alkanes) is 1. The minimum atomic E-state index is -7.82. The third-order valence-corrected chi connectivity index (χ3v) is 8.28. The molecule has 0 aliphatic heterocycles. The summed E-state index contributed by atoms with van der Waals surface area (Å²) in [5.41, 5.74) is 0. The van der Waals surface area contributed by atoms with Crippen molar-refractivity contribution in [1.29, 1.82) is 0 Å². The molecule has 0 nitrogen and oxygen atoms in total. The second-order valence-corrected chi connectivity index (χ2v) is 10.7. The number of alkyl halides is 13. The van der Waals surface area contributed by atoms with Gasteiger partial charge < -0.3 is 0 Å². The predicted molar refractivity (Wildman–Crippen MR) is 110 cm³/mol. The van der Waals surface area contributed by atoms with Crippen LogP contribution in [0.15, 0.2) is 0 Å². The molecule has 37 heavy (non-hydrogen) atoms. The minimum absolute atomic E-state index is 0.304. The van der Waals surface area contributed by atoms with E-state index in [-0.39, 0.29) is 0 Å². The highest BCUT2D eigenvalue weighted by Crippen LogP contribution is 2.61. The Hall–Kier alpha value is -0.910. The zero-order valence-electron chi connectivity index (χ0n) is 20.4. The zero-order valence-corrected chi connectivity index (χ0v) is 20.4. The van der Waals surface area contributed by atoms with E-state index in [9.17, 15) is 57.1 Å². The van der Waals surface area contributed by atoms with Crippen LogP contribution < -0.4 is 0 Å². The van der Waals surface area contributed by atoms with E-state index in [0.29, 0.717) is 43.4 Å². The summed E-state index contributed by atoms with van der Waals surface area (Å²) >= 11 is 0. The molecule has 0 N–H and O–H groups in total. The van der Waals surface area contributed by atoms with E-state index >= 15 is 0 Å². The van der Waals surface area contributed by atoms with Crippen LogP contribution in [0.2, 0.25) is 0 Å². The molecule has 2 saturated carbocycles. The summed E-state index contributed by atoms with van der Waals surface area (Å²) < 4.78 is 172. The van der Waals surface area contributed by atoms with Crippen LogP contribution in [0.1, 0.15) is 90.4 Å². The average Bonchev–Trinajstić information content (AvgIpc) is 2.81. The van der Waals surface area contributed by atoms with Gasteiger partial charge in [0.05, 0.1) is 0 Å². The first kappa shape index (κ1) is 32.3. The summed E-state index contributed by atoms with van der Waals surface area (Å²) in [6.07, 6.45) is -0.666. The van der Waals surface area contributed by atoms with Crippen molar-refractivity contribution >= 4 is 0 Å². The molecule has 0 atom stereocenters. The molecular weight excluding hydrogens is 535 g/mol. The van der Waals surface area contributed by atoms with Crippen LogP contribution >= 0.6 is 0 Å². The van der Waals surface area contributed by atoms with Gasteiger partial charge in [0.15, 0.2) is 0 Å². The third-order valence-electron chi connectivity index (χ3n) is 8.28. The summed E-state index contributed by atoms with van der Waals surface area (Å²) in [6, 6.07) is 0. The first-order chi connectivity index (χ1) is 16.7. The molecule has 13 heteroatoms. The van der Waals surface area contributed by atoms with E-state index in [2.05, 4.69) is 6.92 Å². The Bertz CT molecular complexity index is 713. The van der Waals surface area contributed by atoms with Crippen LogP contribution in [0.25, 0.3) is 0 Å². The summed E-state index contributed by atoms with van der Waals surface area (Å²) in [7, 11) is 0. The van der Waals surface area contributed by atoms with Crippen LogP contribution in [-0.4, -0.2) is 35.8 Å². The van der Waals surface area contributed by atoms with Gasteiger partial charge in [-0.15, -0.1) is 0 Å². The Labute approximate surface area is 207 Å². The van der Waals surface area contributed by atoms with Gasteiger partial charge in [-0.3, -0.25) is 0 Å². The van der Waals surface area contributed by atoms with Crippen molar-refractivity contribution in [1.82, 2.24) is 0 Å². The lowest BCUT2D eigenvalue weighted by molar-refractivity contribution is -0.440. The molecule has 0 aromatic carbocycles. The van der Waals surface area contributed by atoms with Gasteiger partial charge in [0.25, 0.3) is 0 Å². The minimum Gasteiger partial charge on any atom is -0.200 e. The van der Waals surface area contributed by atoms with Crippen LogP contribution in [0.5, 0.6) is 0 Å². The Balaban J connectivity index is 1.95. The zero-order chi connectivity index (χ0) is 28.5. The van der Waals surface area contributed by atoms with Crippen molar-refractivity contribution in [3.8, 4) is 0 Å². The van der Waals surface area contributed by atoms with Crippen LogP contribution in [0.4, 0.5) is 57.1 Å². The molecule has 0 bridgehead atoms. The van der Waals surface area contributed by atoms with E-state index in [0.717, 1.165) is 32.1 Å². The van der Waals surface area contributed by atoms with Crippen LogP contribution in [0.3, 0.4) is 0 Å². The lowest BCUT2D eigenvalue weighted by Gasteiger charge is -2.40. The molecule has 0 aromatic rings. The van der Waals surface area contributed by atoms with Crippen LogP contribution in [-0.2, 0) is 0 Å². The van der Waals surface area contributed by atoms with E-state index in [4.69, 9.17) is 0 Å². The van der Waals surface area contributed by atoms with Gasteiger partial charge in [-0.05, 0) is 55.8 Å². The van der Waals surface area contributed by atoms with Gasteiger partial charge >= 0.3 is 35.8 Å². The van der Waals surface area contributed by atoms with Gasteiger partial charge in [-0.25, -0.2) is 0 Å². The lowest BCUT2D eigenvalue weighted by atomic mass is 9.68. The highest BCUT2D eigenvalue weighted by Gasteiger charge is 2.90. The summed E-state index contributed by atoms with van der Waals surface area (Å²) in [5, 5.41) is 0. The number of halogens is 13. The molecule has 0 unspecified atom stereocenters. The van der Waals surface area contributed by atoms with Crippen molar-refractivity contribution in [2.75, 3.05) is 0 Å². The normalized spacial score (nSPS) is 27.4. The molecule has 0 spiro atoms. The Kier molecular flexibility index (Phi) is 9.86. The molecule has 0 amide bonds. The van der Waals surface area contributed by atoms with Crippen molar-refractivity contribution < 1.29 is 57.1 Å². The lowest BCUT2D eigenvalue weighted by Crippen LogP contribution is -2.70. The van der Waals surface area contributed by atoms with Crippen molar-refractivity contribution in [2.45, 2.75) is 126 Å². The van der Waals surface area contributed by atoms with Crippen molar-refractivity contribution in [2.24, 2.45) is 23.7 Å². The van der Waals surface area contributed by atoms with Gasteiger partial charge in [0.1, 0.15) is 0 Å². The van der Waals surface area contributed by atoms with Crippen molar-refractivity contribution in [3.05, 3.63) is 0 Å². The fourth-order valence-electron chi connectivity index (χ4n) is 5.73. The monoisotopic (exact) mass is 568 g/mol. The van der Waals surface area contributed by atoms with Gasteiger partial charge in [-0.2, -0.15) is 57.1 Å². The first-order valence-corrected chi connectivity index (χ1v) is 12.7. The number of hydrogen-bond acceptors (Lipinski definition) is 0. The van der Waals surface area contributed by atoms with E-state index < -0.39 is 54.5 Å². The molecule has 2 fully saturated rings. The second kappa shape index (κ2) is 11.3. The largest absolute Gasteiger partial charge is 0.460 e. The molecule has 2 rings (SSSR count). The Morgan fingerprint density at radius 1 is 0.486 bits per heavy atom. The molecule has 0 radical (unpaired) electrons. The molecule has 2 aliphatic rings. The molecule has 0 saturated heterocycles. The van der Waals surface area contributed by atoms with E-state index in [1.165, 1.54) is 12.8 Å². The SMILES string of the molecule is CCCC[C@H]1CC[C@H](C2CCC(CCC(F)(F)C(F)(F)C(F)(F)C(F)(F)C(F)(F)C(F)(F)F)CC2)CC1. The maximum atomic E-state index is 14.1. The fourth-order valence-corrected chi connectivity index (χ4v) is 5.73. The summed E-state index contributed by atoms with van der Waals surface area (Å²) in [4.78, 5) is 0. The van der Waals surface area contributed by atoms with Gasteiger partial charge in [0.2, 0.25) is 0 Å². The number of hydrogen-bond donors (Lipinski definition) is 0. The van der Waals surface area contributed by atoms with E-state index in [1.807, 2.05) is 0 Å². The summed E-state index contributed by atoms with van der Waals surface area (Å²) in [5.74, 6) is -35.5. The molecular formula is C24H33F13. The maximum absolute atomic E-state index is 14.1. The Morgan fingerprint density at radius 2 is 0.865 bits per heavy atom. The van der Waals surface area contributed by atoms with E-state index in [1.54, 1.807) is 0 Å². The quantitative estimate of drug-likeness (QED) is 0.218. The smallest absolute Gasteiger partial charge is 0.200 e. The highest BCUT2D eigenvalue weighted by molar-refractivity contribution is 5.10.